The molecule has 1 fully saturated rings. The summed E-state index contributed by atoms with van der Waals surface area (Å²) in [5.41, 5.74) is 2.65. The van der Waals surface area contributed by atoms with Gasteiger partial charge < -0.3 is 15.1 Å². The molecule has 6 heteroatoms. The molecule has 108 valence electrons. The Kier molecular flexibility index (Phi) is 4.49. The number of carbonyl (C=O) groups excluding carboxylic acids is 2. The van der Waals surface area contributed by atoms with Crippen molar-refractivity contribution < 1.29 is 9.59 Å². The van der Waals surface area contributed by atoms with Crippen LogP contribution in [0.3, 0.4) is 0 Å². The molecule has 1 N–H and O–H groups in total. The van der Waals surface area contributed by atoms with Crippen LogP contribution in [0.25, 0.3) is 0 Å². The number of urea groups is 1. The van der Waals surface area contributed by atoms with Crippen molar-refractivity contribution in [2.24, 2.45) is 0 Å². The summed E-state index contributed by atoms with van der Waals surface area (Å²) < 4.78 is 0. The highest BCUT2D eigenvalue weighted by Crippen LogP contribution is 2.27. The molecule has 1 aromatic carbocycles. The van der Waals surface area contributed by atoms with Gasteiger partial charge in [0, 0.05) is 26.2 Å². The summed E-state index contributed by atoms with van der Waals surface area (Å²) in [5.74, 6) is 0. The molecular weight excluding hydrogens is 278 g/mol. The van der Waals surface area contributed by atoms with Gasteiger partial charge in [0.1, 0.15) is 0 Å². The van der Waals surface area contributed by atoms with Gasteiger partial charge in [0.15, 0.2) is 0 Å². The van der Waals surface area contributed by atoms with Gasteiger partial charge in [0.2, 0.25) is 6.41 Å². The average molecular weight is 296 g/mol. The molecule has 0 unspecified atom stereocenters. The third-order valence-corrected chi connectivity index (χ3v) is 3.71. The number of piperazine rings is 1. The molecule has 0 saturated carbocycles. The van der Waals surface area contributed by atoms with Gasteiger partial charge in [-0.15, -0.1) is 0 Å². The van der Waals surface area contributed by atoms with Crippen LogP contribution in [0.1, 0.15) is 11.1 Å². The predicted molar refractivity (Wildman–Crippen MR) is 79.2 cm³/mol. The fraction of sp³-hybridized carbons (Fsp3) is 0.429. The van der Waals surface area contributed by atoms with Gasteiger partial charge in [-0.2, -0.15) is 0 Å². The first kappa shape index (κ1) is 14.7. The lowest BCUT2D eigenvalue weighted by atomic mass is 10.1. The van der Waals surface area contributed by atoms with Crippen LogP contribution in [0, 0.1) is 13.8 Å². The Morgan fingerprint density at radius 2 is 1.90 bits per heavy atom. The summed E-state index contributed by atoms with van der Waals surface area (Å²) in [4.78, 5) is 26.2. The maximum absolute atomic E-state index is 12.2. The minimum Gasteiger partial charge on any atom is -0.342 e. The number of nitrogens with one attached hydrogen (secondary N) is 1. The van der Waals surface area contributed by atoms with E-state index in [1.807, 2.05) is 26.0 Å². The second-order valence-corrected chi connectivity index (χ2v) is 5.40. The van der Waals surface area contributed by atoms with Crippen molar-refractivity contribution in [1.82, 2.24) is 9.80 Å². The lowest BCUT2D eigenvalue weighted by Gasteiger charge is -2.32. The van der Waals surface area contributed by atoms with Crippen molar-refractivity contribution in [1.29, 1.82) is 0 Å². The number of nitrogens with zero attached hydrogens (tertiary/aromatic N) is 2. The summed E-state index contributed by atoms with van der Waals surface area (Å²) in [6.07, 6.45) is 0.816. The van der Waals surface area contributed by atoms with Crippen LogP contribution in [0.2, 0.25) is 5.02 Å². The fourth-order valence-electron chi connectivity index (χ4n) is 2.29. The molecule has 0 atom stereocenters. The SMILES string of the molecule is Cc1cc(C)c(NC(=O)N2CCN(C=O)CC2)c(Cl)c1. The molecule has 1 aliphatic heterocycles. The molecule has 0 spiro atoms. The third kappa shape index (κ3) is 3.22. The second-order valence-electron chi connectivity index (χ2n) is 5.00. The molecular formula is C14H18ClN3O2. The molecule has 1 aromatic rings. The van der Waals surface area contributed by atoms with Gasteiger partial charge >= 0.3 is 6.03 Å². The molecule has 1 saturated heterocycles. The van der Waals surface area contributed by atoms with Crippen LogP contribution in [-0.2, 0) is 4.79 Å². The van der Waals surface area contributed by atoms with Gasteiger partial charge in [0.05, 0.1) is 10.7 Å². The Hall–Kier alpha value is -1.75. The number of amides is 3. The van der Waals surface area contributed by atoms with Gasteiger partial charge in [-0.25, -0.2) is 4.79 Å². The average Bonchev–Trinajstić information content (AvgIpc) is 2.42. The van der Waals surface area contributed by atoms with Crippen LogP contribution in [0.15, 0.2) is 12.1 Å². The Bertz CT molecular complexity index is 502. The molecule has 5 nitrogen and oxygen atoms in total. The van der Waals surface area contributed by atoms with E-state index in [0.717, 1.165) is 17.5 Å². The Morgan fingerprint density at radius 1 is 1.25 bits per heavy atom. The Morgan fingerprint density at radius 3 is 2.45 bits per heavy atom. The van der Waals surface area contributed by atoms with Gasteiger partial charge in [-0.1, -0.05) is 17.7 Å². The molecule has 0 radical (unpaired) electrons. The lowest BCUT2D eigenvalue weighted by molar-refractivity contribution is -0.119. The molecule has 1 aliphatic rings. The molecule has 0 aliphatic carbocycles. The number of aryl methyl sites for hydroxylation is 2. The van der Waals surface area contributed by atoms with E-state index in [1.54, 1.807) is 9.80 Å². The van der Waals surface area contributed by atoms with Gasteiger partial charge in [-0.3, -0.25) is 4.79 Å². The maximum Gasteiger partial charge on any atom is 0.322 e. The van der Waals surface area contributed by atoms with Crippen LogP contribution < -0.4 is 5.32 Å². The first-order valence-electron chi connectivity index (χ1n) is 6.53. The summed E-state index contributed by atoms with van der Waals surface area (Å²) >= 11 is 6.18. The van der Waals surface area contributed by atoms with E-state index in [2.05, 4.69) is 5.32 Å². The Labute approximate surface area is 123 Å². The highest BCUT2D eigenvalue weighted by molar-refractivity contribution is 6.34. The van der Waals surface area contributed by atoms with E-state index in [0.29, 0.717) is 36.9 Å². The molecule has 20 heavy (non-hydrogen) atoms. The summed E-state index contributed by atoms with van der Waals surface area (Å²) in [6, 6.07) is 3.63. The van der Waals surface area contributed by atoms with E-state index >= 15 is 0 Å². The minimum absolute atomic E-state index is 0.176. The van der Waals surface area contributed by atoms with E-state index in [-0.39, 0.29) is 6.03 Å². The summed E-state index contributed by atoms with van der Waals surface area (Å²) in [6.45, 7) is 6.08. The van der Waals surface area contributed by atoms with Gasteiger partial charge in [-0.05, 0) is 31.0 Å². The quantitative estimate of drug-likeness (QED) is 0.851. The van der Waals surface area contributed by atoms with Crippen LogP contribution in [0.5, 0.6) is 0 Å². The van der Waals surface area contributed by atoms with Crippen molar-refractivity contribution in [3.8, 4) is 0 Å². The monoisotopic (exact) mass is 295 g/mol. The highest BCUT2D eigenvalue weighted by Gasteiger charge is 2.21. The normalized spacial score (nSPS) is 15.2. The molecule has 3 amide bonds. The van der Waals surface area contributed by atoms with Crippen LogP contribution in [-0.4, -0.2) is 48.4 Å². The smallest absolute Gasteiger partial charge is 0.322 e. The lowest BCUT2D eigenvalue weighted by Crippen LogP contribution is -2.49. The molecule has 0 aromatic heterocycles. The predicted octanol–water partition coefficient (Wildman–Crippen LogP) is 2.26. The second kappa shape index (κ2) is 6.13. The van der Waals surface area contributed by atoms with Crippen molar-refractivity contribution in [2.75, 3.05) is 31.5 Å². The van der Waals surface area contributed by atoms with E-state index in [9.17, 15) is 9.59 Å². The number of halogens is 1. The summed E-state index contributed by atoms with van der Waals surface area (Å²) in [7, 11) is 0. The summed E-state index contributed by atoms with van der Waals surface area (Å²) in [5, 5.41) is 3.40. The van der Waals surface area contributed by atoms with E-state index in [4.69, 9.17) is 11.6 Å². The zero-order valence-corrected chi connectivity index (χ0v) is 12.4. The molecule has 0 bridgehead atoms. The maximum atomic E-state index is 12.2. The minimum atomic E-state index is -0.176. The van der Waals surface area contributed by atoms with Gasteiger partial charge in [0.25, 0.3) is 0 Å². The standard InChI is InChI=1S/C14H18ClN3O2/c1-10-7-11(2)13(12(15)8-10)16-14(20)18-5-3-17(9-19)4-6-18/h7-9H,3-6H2,1-2H3,(H,16,20). The third-order valence-electron chi connectivity index (χ3n) is 3.41. The van der Waals surface area contributed by atoms with Crippen LogP contribution >= 0.6 is 11.6 Å². The number of hydrogen-bond acceptors (Lipinski definition) is 2. The van der Waals surface area contributed by atoms with Crippen LogP contribution in [0.4, 0.5) is 10.5 Å². The number of carbonyl (C=O) groups is 2. The first-order chi connectivity index (χ1) is 9.51. The highest BCUT2D eigenvalue weighted by atomic mass is 35.5. The number of anilines is 1. The zero-order chi connectivity index (χ0) is 14.7. The topological polar surface area (TPSA) is 52.7 Å². The van der Waals surface area contributed by atoms with Crippen molar-refractivity contribution in [3.05, 3.63) is 28.3 Å². The number of benzene rings is 1. The zero-order valence-electron chi connectivity index (χ0n) is 11.6. The number of hydrogen-bond donors (Lipinski definition) is 1. The molecule has 1 heterocycles. The largest absolute Gasteiger partial charge is 0.342 e. The van der Waals surface area contributed by atoms with E-state index < -0.39 is 0 Å². The Balaban J connectivity index is 2.04. The first-order valence-corrected chi connectivity index (χ1v) is 6.91. The number of rotatable bonds is 2. The van der Waals surface area contributed by atoms with E-state index in [1.165, 1.54) is 0 Å². The fourth-order valence-corrected chi connectivity index (χ4v) is 2.66. The van der Waals surface area contributed by atoms with Crippen molar-refractivity contribution >= 4 is 29.7 Å². The van der Waals surface area contributed by atoms with Crippen molar-refractivity contribution in [3.63, 3.8) is 0 Å². The molecule has 2 rings (SSSR count). The van der Waals surface area contributed by atoms with Crippen molar-refractivity contribution in [2.45, 2.75) is 13.8 Å².